The molecule has 1 aliphatic rings. The predicted octanol–water partition coefficient (Wildman–Crippen LogP) is 2.64. The minimum atomic E-state index is 0.688. The fourth-order valence-electron chi connectivity index (χ4n) is 2.38. The number of rotatable bonds is 5. The SMILES string of the molecule is CCCN1CCCC(NC(C)CC)CC1. The molecule has 1 heterocycles. The quantitative estimate of drug-likeness (QED) is 0.753. The van der Waals surface area contributed by atoms with Crippen LogP contribution in [-0.2, 0) is 0 Å². The molecule has 0 aromatic heterocycles. The van der Waals surface area contributed by atoms with Gasteiger partial charge in [-0.1, -0.05) is 13.8 Å². The monoisotopic (exact) mass is 212 g/mol. The molecule has 0 aromatic rings. The summed E-state index contributed by atoms with van der Waals surface area (Å²) >= 11 is 0. The highest BCUT2D eigenvalue weighted by molar-refractivity contribution is 4.76. The Morgan fingerprint density at radius 1 is 1.27 bits per heavy atom. The van der Waals surface area contributed by atoms with E-state index >= 15 is 0 Å². The van der Waals surface area contributed by atoms with Crippen molar-refractivity contribution in [3.05, 3.63) is 0 Å². The van der Waals surface area contributed by atoms with E-state index in [1.807, 2.05) is 0 Å². The molecule has 0 bridgehead atoms. The number of hydrogen-bond acceptors (Lipinski definition) is 2. The first-order valence-electron chi connectivity index (χ1n) is 6.74. The lowest BCUT2D eigenvalue weighted by molar-refractivity contribution is 0.281. The Labute approximate surface area is 95.4 Å². The van der Waals surface area contributed by atoms with Gasteiger partial charge >= 0.3 is 0 Å². The summed E-state index contributed by atoms with van der Waals surface area (Å²) in [5, 5.41) is 3.74. The van der Waals surface area contributed by atoms with Crippen molar-refractivity contribution < 1.29 is 0 Å². The number of nitrogens with one attached hydrogen (secondary N) is 1. The molecule has 0 amide bonds. The molecule has 1 rings (SSSR count). The third kappa shape index (κ3) is 4.98. The molecule has 0 aromatic carbocycles. The number of likely N-dealkylation sites (tertiary alicyclic amines) is 1. The van der Waals surface area contributed by atoms with Crippen LogP contribution in [0.25, 0.3) is 0 Å². The highest BCUT2D eigenvalue weighted by atomic mass is 15.1. The van der Waals surface area contributed by atoms with Crippen LogP contribution in [0.4, 0.5) is 0 Å². The average Bonchev–Trinajstić information content (AvgIpc) is 2.45. The van der Waals surface area contributed by atoms with Crippen molar-refractivity contribution in [2.45, 2.75) is 65.0 Å². The lowest BCUT2D eigenvalue weighted by Gasteiger charge is -2.22. The molecule has 0 spiro atoms. The average molecular weight is 212 g/mol. The number of hydrogen-bond donors (Lipinski definition) is 1. The normalized spacial score (nSPS) is 26.2. The molecule has 0 aliphatic carbocycles. The van der Waals surface area contributed by atoms with Gasteiger partial charge in [-0.3, -0.25) is 0 Å². The lowest BCUT2D eigenvalue weighted by atomic mass is 10.1. The first-order valence-corrected chi connectivity index (χ1v) is 6.74. The number of nitrogens with zero attached hydrogens (tertiary/aromatic N) is 1. The van der Waals surface area contributed by atoms with Gasteiger partial charge in [0.15, 0.2) is 0 Å². The maximum atomic E-state index is 3.74. The van der Waals surface area contributed by atoms with Gasteiger partial charge < -0.3 is 10.2 Å². The Bertz CT molecular complexity index is 159. The van der Waals surface area contributed by atoms with Gasteiger partial charge in [-0.05, 0) is 58.7 Å². The summed E-state index contributed by atoms with van der Waals surface area (Å²) in [5.41, 5.74) is 0. The molecular weight excluding hydrogens is 184 g/mol. The molecule has 90 valence electrons. The maximum absolute atomic E-state index is 3.74. The van der Waals surface area contributed by atoms with Crippen molar-refractivity contribution in [3.63, 3.8) is 0 Å². The van der Waals surface area contributed by atoms with Crippen LogP contribution in [0, 0.1) is 0 Å². The molecule has 2 unspecified atom stereocenters. The van der Waals surface area contributed by atoms with E-state index in [2.05, 4.69) is 31.0 Å². The van der Waals surface area contributed by atoms with Crippen LogP contribution in [-0.4, -0.2) is 36.6 Å². The largest absolute Gasteiger partial charge is 0.311 e. The second-order valence-electron chi connectivity index (χ2n) is 4.95. The van der Waals surface area contributed by atoms with Gasteiger partial charge in [0.1, 0.15) is 0 Å². The standard InChI is InChI=1S/C13H28N2/c1-4-9-15-10-6-7-13(8-11-15)14-12(3)5-2/h12-14H,4-11H2,1-3H3. The zero-order valence-corrected chi connectivity index (χ0v) is 10.8. The summed E-state index contributed by atoms with van der Waals surface area (Å²) in [6, 6.07) is 1.45. The maximum Gasteiger partial charge on any atom is 0.00821 e. The van der Waals surface area contributed by atoms with E-state index in [0.717, 1.165) is 6.04 Å². The Morgan fingerprint density at radius 3 is 2.73 bits per heavy atom. The third-order valence-corrected chi connectivity index (χ3v) is 3.49. The van der Waals surface area contributed by atoms with Crippen LogP contribution in [0.2, 0.25) is 0 Å². The predicted molar refractivity (Wildman–Crippen MR) is 67.3 cm³/mol. The van der Waals surface area contributed by atoms with Crippen molar-refractivity contribution in [3.8, 4) is 0 Å². The minimum Gasteiger partial charge on any atom is -0.311 e. The van der Waals surface area contributed by atoms with Gasteiger partial charge in [-0.2, -0.15) is 0 Å². The Hall–Kier alpha value is -0.0800. The van der Waals surface area contributed by atoms with Crippen LogP contribution < -0.4 is 5.32 Å². The molecule has 1 N–H and O–H groups in total. The highest BCUT2D eigenvalue weighted by Crippen LogP contribution is 2.12. The Balaban J connectivity index is 2.26. The fourth-order valence-corrected chi connectivity index (χ4v) is 2.38. The second kappa shape index (κ2) is 7.24. The molecular formula is C13H28N2. The van der Waals surface area contributed by atoms with Gasteiger partial charge in [-0.15, -0.1) is 0 Å². The zero-order valence-electron chi connectivity index (χ0n) is 10.8. The van der Waals surface area contributed by atoms with E-state index in [1.165, 1.54) is 51.7 Å². The molecule has 2 heteroatoms. The molecule has 1 saturated heterocycles. The van der Waals surface area contributed by atoms with Crippen LogP contribution >= 0.6 is 0 Å². The third-order valence-electron chi connectivity index (χ3n) is 3.49. The molecule has 1 aliphatic heterocycles. The van der Waals surface area contributed by atoms with E-state index in [9.17, 15) is 0 Å². The van der Waals surface area contributed by atoms with Crippen LogP contribution in [0.5, 0.6) is 0 Å². The van der Waals surface area contributed by atoms with E-state index in [-0.39, 0.29) is 0 Å². The van der Waals surface area contributed by atoms with E-state index in [1.54, 1.807) is 0 Å². The van der Waals surface area contributed by atoms with Crippen molar-refractivity contribution >= 4 is 0 Å². The summed E-state index contributed by atoms with van der Waals surface area (Å²) < 4.78 is 0. The summed E-state index contributed by atoms with van der Waals surface area (Å²) in [5.74, 6) is 0. The summed E-state index contributed by atoms with van der Waals surface area (Å²) in [4.78, 5) is 2.62. The Morgan fingerprint density at radius 2 is 2.07 bits per heavy atom. The Kier molecular flexibility index (Phi) is 6.26. The van der Waals surface area contributed by atoms with Crippen molar-refractivity contribution in [2.24, 2.45) is 0 Å². The molecule has 2 nitrogen and oxygen atoms in total. The summed E-state index contributed by atoms with van der Waals surface area (Å²) in [6.45, 7) is 10.7. The molecule has 2 atom stereocenters. The van der Waals surface area contributed by atoms with Crippen LogP contribution in [0.15, 0.2) is 0 Å². The summed E-state index contributed by atoms with van der Waals surface area (Å²) in [7, 11) is 0. The first kappa shape index (κ1) is 13.0. The van der Waals surface area contributed by atoms with Crippen LogP contribution in [0.3, 0.4) is 0 Å². The minimum absolute atomic E-state index is 0.688. The van der Waals surface area contributed by atoms with Gasteiger partial charge in [0.25, 0.3) is 0 Å². The van der Waals surface area contributed by atoms with Crippen molar-refractivity contribution in [1.82, 2.24) is 10.2 Å². The topological polar surface area (TPSA) is 15.3 Å². The van der Waals surface area contributed by atoms with Crippen LogP contribution in [0.1, 0.15) is 52.9 Å². The fraction of sp³-hybridized carbons (Fsp3) is 1.00. The smallest absolute Gasteiger partial charge is 0.00821 e. The van der Waals surface area contributed by atoms with Gasteiger partial charge in [0.2, 0.25) is 0 Å². The van der Waals surface area contributed by atoms with Crippen molar-refractivity contribution in [2.75, 3.05) is 19.6 Å². The van der Waals surface area contributed by atoms with E-state index in [4.69, 9.17) is 0 Å². The van der Waals surface area contributed by atoms with Gasteiger partial charge in [0.05, 0.1) is 0 Å². The van der Waals surface area contributed by atoms with Gasteiger partial charge in [-0.25, -0.2) is 0 Å². The van der Waals surface area contributed by atoms with Gasteiger partial charge in [0, 0.05) is 12.1 Å². The van der Waals surface area contributed by atoms with E-state index < -0.39 is 0 Å². The highest BCUT2D eigenvalue weighted by Gasteiger charge is 2.16. The zero-order chi connectivity index (χ0) is 11.1. The molecule has 0 radical (unpaired) electrons. The lowest BCUT2D eigenvalue weighted by Crippen LogP contribution is -2.37. The van der Waals surface area contributed by atoms with E-state index in [0.29, 0.717) is 6.04 Å². The van der Waals surface area contributed by atoms with Crippen molar-refractivity contribution in [1.29, 1.82) is 0 Å². The second-order valence-corrected chi connectivity index (χ2v) is 4.95. The first-order chi connectivity index (χ1) is 7.26. The summed E-state index contributed by atoms with van der Waals surface area (Å²) in [6.07, 6.45) is 6.61. The molecule has 0 saturated carbocycles. The molecule has 1 fully saturated rings. The molecule has 15 heavy (non-hydrogen) atoms.